The van der Waals surface area contributed by atoms with Crippen molar-refractivity contribution in [3.8, 4) is 5.75 Å². The Labute approximate surface area is 182 Å². The average Bonchev–Trinajstić information content (AvgIpc) is 3.20. The summed E-state index contributed by atoms with van der Waals surface area (Å²) < 4.78 is 7.91. The number of benzene rings is 2. The first-order valence-corrected chi connectivity index (χ1v) is 10.6. The third-order valence-corrected chi connectivity index (χ3v) is 6.06. The molecule has 0 fully saturated rings. The van der Waals surface area contributed by atoms with E-state index in [-0.39, 0.29) is 6.04 Å². The van der Waals surface area contributed by atoms with Crippen molar-refractivity contribution in [3.05, 3.63) is 82.6 Å². The summed E-state index contributed by atoms with van der Waals surface area (Å²) in [7, 11) is 0. The molecule has 1 N–H and O–H groups in total. The van der Waals surface area contributed by atoms with E-state index in [9.17, 15) is 0 Å². The summed E-state index contributed by atoms with van der Waals surface area (Å²) in [4.78, 5) is 2.25. The van der Waals surface area contributed by atoms with Crippen LogP contribution in [0.2, 0.25) is 5.02 Å². The van der Waals surface area contributed by atoms with Gasteiger partial charge in [-0.2, -0.15) is 0 Å². The highest BCUT2D eigenvalue weighted by Crippen LogP contribution is 2.34. The lowest BCUT2D eigenvalue weighted by atomic mass is 10.00. The van der Waals surface area contributed by atoms with Gasteiger partial charge in [0.15, 0.2) is 5.11 Å². The Morgan fingerprint density at radius 2 is 1.93 bits per heavy atom. The van der Waals surface area contributed by atoms with Gasteiger partial charge in [-0.25, -0.2) is 0 Å². The van der Waals surface area contributed by atoms with Crippen LogP contribution in [0.5, 0.6) is 5.75 Å². The number of nitrogens with zero attached hydrogens (tertiary/aromatic N) is 2. The van der Waals surface area contributed by atoms with Crippen molar-refractivity contribution in [2.45, 2.75) is 26.4 Å². The number of hydrogen-bond acceptors (Lipinski definition) is 2. The van der Waals surface area contributed by atoms with Gasteiger partial charge in [-0.15, -0.1) is 0 Å². The number of nitrogens with one attached hydrogen (secondary N) is 1. The fraction of sp³-hybridized carbons (Fsp3) is 0.261. The molecule has 1 unspecified atom stereocenters. The first-order valence-electron chi connectivity index (χ1n) is 9.79. The van der Waals surface area contributed by atoms with E-state index in [2.05, 4.69) is 45.2 Å². The minimum Gasteiger partial charge on any atom is -0.494 e. The number of hydrogen-bond donors (Lipinski definition) is 1. The van der Waals surface area contributed by atoms with Gasteiger partial charge in [-0.1, -0.05) is 29.8 Å². The molecule has 0 radical (unpaired) electrons. The number of anilines is 1. The molecule has 2 heterocycles. The molecule has 0 saturated heterocycles. The second kappa shape index (κ2) is 8.47. The Morgan fingerprint density at radius 1 is 1.14 bits per heavy atom. The number of aromatic nitrogens is 1. The molecular formula is C23H24ClN3OS. The molecule has 0 saturated carbocycles. The predicted octanol–water partition coefficient (Wildman–Crippen LogP) is 5.65. The zero-order chi connectivity index (χ0) is 20.4. The van der Waals surface area contributed by atoms with E-state index in [1.165, 1.54) is 11.3 Å². The van der Waals surface area contributed by atoms with Crippen molar-refractivity contribution in [2.24, 2.45) is 0 Å². The molecule has 29 heavy (non-hydrogen) atoms. The molecule has 1 aromatic heterocycles. The molecule has 150 valence electrons. The Bertz CT molecular complexity index is 1020. The molecule has 4 nitrogen and oxygen atoms in total. The smallest absolute Gasteiger partial charge is 0.174 e. The van der Waals surface area contributed by atoms with Crippen molar-refractivity contribution in [3.63, 3.8) is 0 Å². The van der Waals surface area contributed by atoms with Gasteiger partial charge in [0.2, 0.25) is 0 Å². The lowest BCUT2D eigenvalue weighted by molar-refractivity contribution is 0.293. The molecule has 2 aromatic carbocycles. The van der Waals surface area contributed by atoms with Gasteiger partial charge in [0.25, 0.3) is 0 Å². The lowest BCUT2D eigenvalue weighted by Gasteiger charge is -2.39. The van der Waals surface area contributed by atoms with E-state index in [0.29, 0.717) is 11.7 Å². The maximum atomic E-state index is 6.29. The topological polar surface area (TPSA) is 29.4 Å². The summed E-state index contributed by atoms with van der Waals surface area (Å²) in [5, 5.41) is 4.84. The second-order valence-corrected chi connectivity index (χ2v) is 7.86. The number of rotatable bonds is 4. The van der Waals surface area contributed by atoms with Crippen molar-refractivity contribution in [1.29, 1.82) is 0 Å². The molecule has 3 aromatic rings. The fourth-order valence-electron chi connectivity index (χ4n) is 3.80. The van der Waals surface area contributed by atoms with Crippen molar-refractivity contribution in [2.75, 3.05) is 18.5 Å². The lowest BCUT2D eigenvalue weighted by Crippen LogP contribution is -2.44. The standard InChI is InChI=1S/C23H24ClN3OS/c1-3-28-18-11-9-17(10-12-18)22-21-8-5-13-26(21)14-15-27(22)23(29)25-20-7-4-6-19(24)16(20)2/h4-13,22H,3,14-15H2,1-2H3,(H,25,29). The highest BCUT2D eigenvalue weighted by atomic mass is 35.5. The van der Waals surface area contributed by atoms with Crippen LogP contribution in [0.25, 0.3) is 0 Å². The van der Waals surface area contributed by atoms with Crippen LogP contribution >= 0.6 is 23.8 Å². The van der Waals surface area contributed by atoms with Gasteiger partial charge in [0.05, 0.1) is 12.6 Å². The van der Waals surface area contributed by atoms with Gasteiger partial charge in [0.1, 0.15) is 5.75 Å². The second-order valence-electron chi connectivity index (χ2n) is 7.07. The van der Waals surface area contributed by atoms with Crippen molar-refractivity contribution >= 4 is 34.6 Å². The summed E-state index contributed by atoms with van der Waals surface area (Å²) in [6.07, 6.45) is 2.13. The van der Waals surface area contributed by atoms with E-state index in [0.717, 1.165) is 35.1 Å². The Morgan fingerprint density at radius 3 is 2.69 bits per heavy atom. The Kier molecular flexibility index (Phi) is 5.79. The molecule has 6 heteroatoms. The van der Waals surface area contributed by atoms with Crippen LogP contribution in [-0.4, -0.2) is 27.7 Å². The predicted molar refractivity (Wildman–Crippen MR) is 123 cm³/mol. The number of halogens is 1. The third-order valence-electron chi connectivity index (χ3n) is 5.32. The molecule has 1 atom stereocenters. The van der Waals surface area contributed by atoms with E-state index in [1.807, 2.05) is 44.2 Å². The average molecular weight is 426 g/mol. The molecule has 0 amide bonds. The summed E-state index contributed by atoms with van der Waals surface area (Å²) in [6.45, 7) is 6.37. The summed E-state index contributed by atoms with van der Waals surface area (Å²) in [5.74, 6) is 0.879. The normalized spacial score (nSPS) is 15.7. The van der Waals surface area contributed by atoms with Crippen LogP contribution in [0.1, 0.15) is 29.8 Å². The van der Waals surface area contributed by atoms with E-state index < -0.39 is 0 Å². The molecular weight excluding hydrogens is 402 g/mol. The van der Waals surface area contributed by atoms with Crippen LogP contribution in [0.4, 0.5) is 5.69 Å². The first kappa shape index (κ1) is 19.8. The highest BCUT2D eigenvalue weighted by molar-refractivity contribution is 7.80. The SMILES string of the molecule is CCOc1ccc(C2c3cccn3CCN2C(=S)Nc2cccc(Cl)c2C)cc1. The van der Waals surface area contributed by atoms with E-state index in [1.54, 1.807) is 0 Å². The molecule has 0 bridgehead atoms. The Hall–Kier alpha value is -2.50. The highest BCUT2D eigenvalue weighted by Gasteiger charge is 2.30. The van der Waals surface area contributed by atoms with E-state index in [4.69, 9.17) is 28.6 Å². The number of ether oxygens (including phenoxy) is 1. The molecule has 0 aliphatic carbocycles. The van der Waals surface area contributed by atoms with Crippen molar-refractivity contribution < 1.29 is 4.74 Å². The van der Waals surface area contributed by atoms with E-state index >= 15 is 0 Å². The Balaban J connectivity index is 1.66. The van der Waals surface area contributed by atoms with Crippen molar-refractivity contribution in [1.82, 2.24) is 9.47 Å². The maximum Gasteiger partial charge on any atom is 0.174 e. The third kappa shape index (κ3) is 3.98. The molecule has 1 aliphatic heterocycles. The van der Waals surface area contributed by atoms with Crippen LogP contribution < -0.4 is 10.1 Å². The van der Waals surface area contributed by atoms with Crippen LogP contribution in [-0.2, 0) is 6.54 Å². The molecule has 0 spiro atoms. The zero-order valence-corrected chi connectivity index (χ0v) is 18.1. The number of thiocarbonyl (C=S) groups is 1. The van der Waals surface area contributed by atoms with Gasteiger partial charge >= 0.3 is 0 Å². The van der Waals surface area contributed by atoms with Crippen LogP contribution in [0.3, 0.4) is 0 Å². The maximum absolute atomic E-state index is 6.29. The molecule has 4 rings (SSSR count). The van der Waals surface area contributed by atoms with Gasteiger partial charge in [-0.3, -0.25) is 0 Å². The summed E-state index contributed by atoms with van der Waals surface area (Å²) in [6, 6.07) is 18.4. The zero-order valence-electron chi connectivity index (χ0n) is 16.6. The minimum atomic E-state index is 0.0360. The van der Waals surface area contributed by atoms with Gasteiger partial charge in [0, 0.05) is 35.7 Å². The van der Waals surface area contributed by atoms with Gasteiger partial charge in [-0.05, 0) is 73.6 Å². The largest absolute Gasteiger partial charge is 0.494 e. The monoisotopic (exact) mass is 425 g/mol. The molecule has 1 aliphatic rings. The quantitative estimate of drug-likeness (QED) is 0.547. The summed E-state index contributed by atoms with van der Waals surface area (Å²) >= 11 is 12.1. The number of fused-ring (bicyclic) bond motifs is 1. The van der Waals surface area contributed by atoms with Crippen LogP contribution in [0.15, 0.2) is 60.8 Å². The van der Waals surface area contributed by atoms with Gasteiger partial charge < -0.3 is 19.5 Å². The first-order chi connectivity index (χ1) is 14.1. The fourth-order valence-corrected chi connectivity index (χ4v) is 4.28. The summed E-state index contributed by atoms with van der Waals surface area (Å²) in [5.41, 5.74) is 4.34. The van der Waals surface area contributed by atoms with Crippen LogP contribution in [0, 0.1) is 6.92 Å². The minimum absolute atomic E-state index is 0.0360.